The molecule has 5 heteroatoms. The van der Waals surface area contributed by atoms with Gasteiger partial charge in [0.05, 0.1) is 5.00 Å². The minimum atomic E-state index is 1.03. The highest BCUT2D eigenvalue weighted by Gasteiger charge is 2.19. The zero-order valence-corrected chi connectivity index (χ0v) is 13.5. The Labute approximate surface area is 126 Å². The molecular formula is C15H26N4S. The molecule has 0 amide bonds. The van der Waals surface area contributed by atoms with E-state index in [-0.39, 0.29) is 0 Å². The third-order valence-corrected chi connectivity index (χ3v) is 4.60. The molecule has 0 atom stereocenters. The number of aliphatic imine (C=N–C) groups is 1. The molecule has 1 aliphatic rings. The quantitative estimate of drug-likeness (QED) is 0.514. The van der Waals surface area contributed by atoms with Crippen molar-refractivity contribution < 1.29 is 0 Å². The number of hydrogen-bond donors (Lipinski definition) is 1. The molecule has 1 aromatic rings. The Bertz CT molecular complexity index is 394. The molecule has 1 aromatic heterocycles. The summed E-state index contributed by atoms with van der Waals surface area (Å²) in [6.45, 7) is 7.52. The fraction of sp³-hybridized carbons (Fsp3) is 0.667. The van der Waals surface area contributed by atoms with Crippen molar-refractivity contribution in [1.82, 2.24) is 10.2 Å². The third-order valence-electron chi connectivity index (χ3n) is 3.67. The van der Waals surface area contributed by atoms with E-state index in [1.165, 1.54) is 24.3 Å². The lowest BCUT2D eigenvalue weighted by Crippen LogP contribution is -2.52. The molecule has 4 nitrogen and oxygen atoms in total. The molecule has 0 spiro atoms. The highest BCUT2D eigenvalue weighted by atomic mass is 32.1. The summed E-state index contributed by atoms with van der Waals surface area (Å²) in [7, 11) is 1.88. The molecule has 2 heterocycles. The molecular weight excluding hydrogens is 268 g/mol. The van der Waals surface area contributed by atoms with Crippen molar-refractivity contribution in [3.05, 3.63) is 17.5 Å². The molecule has 1 N–H and O–H groups in total. The monoisotopic (exact) mass is 294 g/mol. The number of nitrogens with one attached hydrogen (secondary N) is 1. The van der Waals surface area contributed by atoms with Crippen molar-refractivity contribution in [2.75, 3.05) is 44.7 Å². The van der Waals surface area contributed by atoms with Gasteiger partial charge in [-0.25, -0.2) is 0 Å². The second kappa shape index (κ2) is 8.15. The van der Waals surface area contributed by atoms with E-state index in [4.69, 9.17) is 0 Å². The summed E-state index contributed by atoms with van der Waals surface area (Å²) in [6.07, 6.45) is 3.78. The van der Waals surface area contributed by atoms with Crippen molar-refractivity contribution in [3.63, 3.8) is 0 Å². The van der Waals surface area contributed by atoms with Crippen LogP contribution in [0, 0.1) is 0 Å². The number of rotatable bonds is 5. The number of anilines is 1. The highest BCUT2D eigenvalue weighted by molar-refractivity contribution is 7.14. The summed E-state index contributed by atoms with van der Waals surface area (Å²) >= 11 is 1.83. The first-order valence-corrected chi connectivity index (χ1v) is 8.47. The smallest absolute Gasteiger partial charge is 0.193 e. The first-order valence-electron chi connectivity index (χ1n) is 7.59. The van der Waals surface area contributed by atoms with E-state index in [0.29, 0.717) is 0 Å². The van der Waals surface area contributed by atoms with Crippen molar-refractivity contribution in [2.24, 2.45) is 4.99 Å². The Hall–Kier alpha value is -1.23. The van der Waals surface area contributed by atoms with Gasteiger partial charge in [0.15, 0.2) is 5.96 Å². The lowest BCUT2D eigenvalue weighted by Gasteiger charge is -2.37. The van der Waals surface area contributed by atoms with Gasteiger partial charge in [0.1, 0.15) is 0 Å². The van der Waals surface area contributed by atoms with Crippen LogP contribution in [0.25, 0.3) is 0 Å². The molecule has 0 radical (unpaired) electrons. The van der Waals surface area contributed by atoms with Crippen LogP contribution >= 0.6 is 11.3 Å². The second-order valence-electron chi connectivity index (χ2n) is 5.11. The zero-order valence-electron chi connectivity index (χ0n) is 12.6. The summed E-state index contributed by atoms with van der Waals surface area (Å²) < 4.78 is 0. The van der Waals surface area contributed by atoms with Crippen LogP contribution < -0.4 is 10.2 Å². The van der Waals surface area contributed by atoms with Crippen LogP contribution in [0.1, 0.15) is 26.2 Å². The summed E-state index contributed by atoms with van der Waals surface area (Å²) in [5.41, 5.74) is 0. The first kappa shape index (κ1) is 15.2. The van der Waals surface area contributed by atoms with E-state index in [1.54, 1.807) is 0 Å². The molecule has 112 valence electrons. The summed E-state index contributed by atoms with van der Waals surface area (Å²) in [5.74, 6) is 1.06. The Morgan fingerprint density at radius 1 is 1.30 bits per heavy atom. The third kappa shape index (κ3) is 4.13. The van der Waals surface area contributed by atoms with Crippen LogP contribution in [0.2, 0.25) is 0 Å². The normalized spacial score (nSPS) is 16.6. The van der Waals surface area contributed by atoms with Gasteiger partial charge in [-0.15, -0.1) is 11.3 Å². The molecule has 20 heavy (non-hydrogen) atoms. The lowest BCUT2D eigenvalue weighted by atomic mass is 10.2. The molecule has 0 unspecified atom stereocenters. The molecule has 1 fully saturated rings. The molecule has 0 aliphatic carbocycles. The van der Waals surface area contributed by atoms with Crippen LogP contribution in [0.3, 0.4) is 0 Å². The maximum Gasteiger partial charge on any atom is 0.193 e. The fourth-order valence-corrected chi connectivity index (χ4v) is 3.28. The molecule has 0 saturated carbocycles. The van der Waals surface area contributed by atoms with E-state index < -0.39 is 0 Å². The average molecular weight is 294 g/mol. The molecule has 1 saturated heterocycles. The first-order chi connectivity index (χ1) is 9.85. The molecule has 0 aromatic carbocycles. The van der Waals surface area contributed by atoms with Gasteiger partial charge < -0.3 is 15.1 Å². The van der Waals surface area contributed by atoms with Gasteiger partial charge in [-0.3, -0.25) is 4.99 Å². The Morgan fingerprint density at radius 2 is 2.10 bits per heavy atom. The van der Waals surface area contributed by atoms with Gasteiger partial charge in [-0.1, -0.05) is 19.8 Å². The lowest BCUT2D eigenvalue weighted by molar-refractivity contribution is 0.373. The van der Waals surface area contributed by atoms with E-state index in [9.17, 15) is 0 Å². The number of nitrogens with zero attached hydrogens (tertiary/aromatic N) is 3. The predicted molar refractivity (Wildman–Crippen MR) is 89.0 cm³/mol. The molecule has 0 bridgehead atoms. The van der Waals surface area contributed by atoms with E-state index in [0.717, 1.165) is 38.7 Å². The Morgan fingerprint density at radius 3 is 2.70 bits per heavy atom. The fourth-order valence-electron chi connectivity index (χ4n) is 2.50. The van der Waals surface area contributed by atoms with Crippen molar-refractivity contribution >= 4 is 22.3 Å². The number of piperazine rings is 1. The minimum absolute atomic E-state index is 1.03. The van der Waals surface area contributed by atoms with E-state index in [2.05, 4.69) is 44.5 Å². The minimum Gasteiger partial charge on any atom is -0.360 e. The van der Waals surface area contributed by atoms with E-state index >= 15 is 0 Å². The van der Waals surface area contributed by atoms with Gasteiger partial charge >= 0.3 is 0 Å². The summed E-state index contributed by atoms with van der Waals surface area (Å²) in [6, 6.07) is 4.33. The summed E-state index contributed by atoms with van der Waals surface area (Å²) in [4.78, 5) is 9.25. The largest absolute Gasteiger partial charge is 0.360 e. The molecule has 1 aliphatic heterocycles. The van der Waals surface area contributed by atoms with Gasteiger partial charge in [0.25, 0.3) is 0 Å². The number of hydrogen-bond acceptors (Lipinski definition) is 3. The number of thiophene rings is 1. The average Bonchev–Trinajstić information content (AvgIpc) is 3.02. The van der Waals surface area contributed by atoms with Gasteiger partial charge in [-0.05, 0) is 23.9 Å². The highest BCUT2D eigenvalue weighted by Crippen LogP contribution is 2.22. The van der Waals surface area contributed by atoms with Crippen LogP contribution in [-0.4, -0.2) is 50.6 Å². The van der Waals surface area contributed by atoms with Gasteiger partial charge in [-0.2, -0.15) is 0 Å². The SMILES string of the molecule is CCCCCNC(=NC)N1CCN(c2cccs2)CC1. The zero-order chi connectivity index (χ0) is 14.2. The maximum atomic E-state index is 4.41. The summed E-state index contributed by atoms with van der Waals surface area (Å²) in [5, 5.41) is 7.02. The van der Waals surface area contributed by atoms with Crippen LogP contribution in [0.15, 0.2) is 22.5 Å². The Kier molecular flexibility index (Phi) is 6.18. The second-order valence-corrected chi connectivity index (χ2v) is 6.03. The predicted octanol–water partition coefficient (Wildman–Crippen LogP) is 2.64. The molecule has 2 rings (SSSR count). The van der Waals surface area contributed by atoms with Crippen molar-refractivity contribution in [1.29, 1.82) is 0 Å². The van der Waals surface area contributed by atoms with Crippen LogP contribution in [0.5, 0.6) is 0 Å². The standard InChI is InChI=1S/C15H26N4S/c1-3-4-5-8-17-15(16-2)19-11-9-18(10-12-19)14-7-6-13-20-14/h6-7,13H,3-5,8-12H2,1-2H3,(H,16,17). The van der Waals surface area contributed by atoms with Crippen molar-refractivity contribution in [2.45, 2.75) is 26.2 Å². The number of unbranched alkanes of at least 4 members (excludes halogenated alkanes) is 2. The number of guanidine groups is 1. The van der Waals surface area contributed by atoms with Crippen molar-refractivity contribution in [3.8, 4) is 0 Å². The van der Waals surface area contributed by atoms with E-state index in [1.807, 2.05) is 18.4 Å². The maximum absolute atomic E-state index is 4.41. The van der Waals surface area contributed by atoms with Gasteiger partial charge in [0.2, 0.25) is 0 Å². The topological polar surface area (TPSA) is 30.9 Å². The Balaban J connectivity index is 1.76. The van der Waals surface area contributed by atoms with Crippen LogP contribution in [0.4, 0.5) is 5.00 Å². The van der Waals surface area contributed by atoms with Gasteiger partial charge in [0, 0.05) is 39.8 Å². The van der Waals surface area contributed by atoms with Crippen LogP contribution in [-0.2, 0) is 0 Å².